The van der Waals surface area contributed by atoms with Crippen molar-refractivity contribution in [2.75, 3.05) is 13.1 Å². The van der Waals surface area contributed by atoms with Crippen LogP contribution in [0.25, 0.3) is 0 Å². The van der Waals surface area contributed by atoms with Gasteiger partial charge in [0.15, 0.2) is 0 Å². The van der Waals surface area contributed by atoms with Gasteiger partial charge in [-0.25, -0.2) is 0 Å². The van der Waals surface area contributed by atoms with Crippen molar-refractivity contribution in [3.8, 4) is 0 Å². The molecular formula is C15H23BrN2. The summed E-state index contributed by atoms with van der Waals surface area (Å²) in [5.41, 5.74) is 1.35. The summed E-state index contributed by atoms with van der Waals surface area (Å²) >= 11 is 3.54. The van der Waals surface area contributed by atoms with Gasteiger partial charge >= 0.3 is 0 Å². The minimum absolute atomic E-state index is 0.416. The first-order valence-electron chi connectivity index (χ1n) is 6.82. The maximum absolute atomic E-state index is 3.74. The number of hydrogen-bond acceptors (Lipinski definition) is 2. The summed E-state index contributed by atoms with van der Waals surface area (Å²) in [6.07, 6.45) is 1.26. The monoisotopic (exact) mass is 310 g/mol. The van der Waals surface area contributed by atoms with Gasteiger partial charge in [-0.2, -0.15) is 0 Å². The number of benzene rings is 1. The molecule has 1 aromatic rings. The third-order valence-corrected chi connectivity index (χ3v) is 4.28. The zero-order chi connectivity index (χ0) is 13.1. The quantitative estimate of drug-likeness (QED) is 0.914. The SMILES string of the molecule is CC(C)N1CCC(N[C@@H](C)c2cccc(Br)c2)C1. The second-order valence-electron chi connectivity index (χ2n) is 5.52. The van der Waals surface area contributed by atoms with E-state index in [4.69, 9.17) is 0 Å². The van der Waals surface area contributed by atoms with Gasteiger partial charge in [-0.1, -0.05) is 28.1 Å². The Morgan fingerprint density at radius 2 is 2.11 bits per heavy atom. The summed E-state index contributed by atoms with van der Waals surface area (Å²) in [5, 5.41) is 3.74. The smallest absolute Gasteiger partial charge is 0.0295 e. The van der Waals surface area contributed by atoms with Gasteiger partial charge in [0.2, 0.25) is 0 Å². The van der Waals surface area contributed by atoms with Crippen molar-refractivity contribution >= 4 is 15.9 Å². The second kappa shape index (κ2) is 6.18. The maximum atomic E-state index is 3.74. The van der Waals surface area contributed by atoms with Crippen molar-refractivity contribution < 1.29 is 0 Å². The molecule has 0 amide bonds. The van der Waals surface area contributed by atoms with Gasteiger partial charge < -0.3 is 5.32 Å². The van der Waals surface area contributed by atoms with Gasteiger partial charge in [-0.05, 0) is 51.4 Å². The number of nitrogens with one attached hydrogen (secondary N) is 1. The Labute approximate surface area is 119 Å². The van der Waals surface area contributed by atoms with Crippen LogP contribution in [0.15, 0.2) is 28.7 Å². The molecule has 2 nitrogen and oxygen atoms in total. The summed E-state index contributed by atoms with van der Waals surface area (Å²) in [6, 6.07) is 10.3. The van der Waals surface area contributed by atoms with Crippen molar-refractivity contribution in [2.24, 2.45) is 0 Å². The Morgan fingerprint density at radius 3 is 2.72 bits per heavy atom. The largest absolute Gasteiger partial charge is 0.306 e. The summed E-state index contributed by atoms with van der Waals surface area (Å²) in [4.78, 5) is 2.55. The average Bonchev–Trinajstić information content (AvgIpc) is 2.77. The lowest BCUT2D eigenvalue weighted by Crippen LogP contribution is -2.36. The number of halogens is 1. The Balaban J connectivity index is 1.90. The van der Waals surface area contributed by atoms with E-state index in [1.165, 1.54) is 25.1 Å². The molecule has 0 bridgehead atoms. The molecule has 1 unspecified atom stereocenters. The fraction of sp³-hybridized carbons (Fsp3) is 0.600. The maximum Gasteiger partial charge on any atom is 0.0295 e. The normalized spacial score (nSPS) is 22.6. The van der Waals surface area contributed by atoms with Gasteiger partial charge in [-0.15, -0.1) is 0 Å². The number of rotatable bonds is 4. The van der Waals surface area contributed by atoms with E-state index in [2.05, 4.69) is 71.2 Å². The lowest BCUT2D eigenvalue weighted by atomic mass is 10.1. The fourth-order valence-corrected chi connectivity index (χ4v) is 3.04. The van der Waals surface area contributed by atoms with Crippen molar-refractivity contribution in [3.63, 3.8) is 0 Å². The van der Waals surface area contributed by atoms with Crippen LogP contribution in [0.5, 0.6) is 0 Å². The Kier molecular flexibility index (Phi) is 4.82. The molecule has 0 radical (unpaired) electrons. The Hall–Kier alpha value is -0.380. The van der Waals surface area contributed by atoms with Gasteiger partial charge in [0, 0.05) is 29.1 Å². The minimum atomic E-state index is 0.416. The summed E-state index contributed by atoms with van der Waals surface area (Å²) < 4.78 is 1.16. The molecular weight excluding hydrogens is 288 g/mol. The van der Waals surface area contributed by atoms with Crippen LogP contribution >= 0.6 is 15.9 Å². The molecule has 3 heteroatoms. The molecule has 0 spiro atoms. The average molecular weight is 311 g/mol. The minimum Gasteiger partial charge on any atom is -0.306 e. The summed E-state index contributed by atoms with van der Waals surface area (Å²) in [6.45, 7) is 9.20. The van der Waals surface area contributed by atoms with E-state index in [1.807, 2.05) is 0 Å². The molecule has 0 saturated carbocycles. The number of nitrogens with zero attached hydrogens (tertiary/aromatic N) is 1. The molecule has 2 atom stereocenters. The van der Waals surface area contributed by atoms with Crippen molar-refractivity contribution in [3.05, 3.63) is 34.3 Å². The zero-order valence-electron chi connectivity index (χ0n) is 11.5. The molecule has 1 N–H and O–H groups in total. The second-order valence-corrected chi connectivity index (χ2v) is 6.43. The van der Waals surface area contributed by atoms with Crippen LogP contribution in [0.4, 0.5) is 0 Å². The van der Waals surface area contributed by atoms with Crippen LogP contribution in [-0.4, -0.2) is 30.1 Å². The third kappa shape index (κ3) is 3.56. The number of likely N-dealkylation sites (tertiary alicyclic amines) is 1. The molecule has 100 valence electrons. The highest BCUT2D eigenvalue weighted by Gasteiger charge is 2.25. The van der Waals surface area contributed by atoms with Crippen LogP contribution < -0.4 is 5.32 Å². The molecule has 18 heavy (non-hydrogen) atoms. The van der Waals surface area contributed by atoms with Crippen LogP contribution in [0.2, 0.25) is 0 Å². The molecule has 1 saturated heterocycles. The van der Waals surface area contributed by atoms with E-state index in [9.17, 15) is 0 Å². The van der Waals surface area contributed by atoms with Gasteiger partial charge in [0.25, 0.3) is 0 Å². The first kappa shape index (κ1) is 14.0. The van der Waals surface area contributed by atoms with E-state index in [0.29, 0.717) is 18.1 Å². The molecule has 1 fully saturated rings. The molecule has 1 aromatic carbocycles. The topological polar surface area (TPSA) is 15.3 Å². The van der Waals surface area contributed by atoms with Crippen LogP contribution in [-0.2, 0) is 0 Å². The van der Waals surface area contributed by atoms with E-state index < -0.39 is 0 Å². The molecule has 1 heterocycles. The highest BCUT2D eigenvalue weighted by molar-refractivity contribution is 9.10. The first-order valence-corrected chi connectivity index (χ1v) is 7.61. The third-order valence-electron chi connectivity index (χ3n) is 3.78. The van der Waals surface area contributed by atoms with Crippen LogP contribution in [0, 0.1) is 0 Å². The van der Waals surface area contributed by atoms with Gasteiger partial charge in [0.05, 0.1) is 0 Å². The van der Waals surface area contributed by atoms with Crippen molar-refractivity contribution in [2.45, 2.75) is 45.3 Å². The Bertz CT molecular complexity index is 392. The van der Waals surface area contributed by atoms with Crippen LogP contribution in [0.3, 0.4) is 0 Å². The van der Waals surface area contributed by atoms with Crippen molar-refractivity contribution in [1.29, 1.82) is 0 Å². The zero-order valence-corrected chi connectivity index (χ0v) is 13.1. The number of hydrogen-bond donors (Lipinski definition) is 1. The van der Waals surface area contributed by atoms with E-state index >= 15 is 0 Å². The first-order chi connectivity index (χ1) is 8.56. The predicted octanol–water partition coefficient (Wildman–Crippen LogP) is 3.58. The molecule has 0 aliphatic carbocycles. The highest BCUT2D eigenvalue weighted by atomic mass is 79.9. The summed E-state index contributed by atoms with van der Waals surface area (Å²) in [5.74, 6) is 0. The lowest BCUT2D eigenvalue weighted by Gasteiger charge is -2.23. The molecule has 1 aliphatic rings. The van der Waals surface area contributed by atoms with E-state index in [-0.39, 0.29) is 0 Å². The lowest BCUT2D eigenvalue weighted by molar-refractivity contribution is 0.266. The van der Waals surface area contributed by atoms with E-state index in [1.54, 1.807) is 0 Å². The standard InChI is InChI=1S/C15H23BrN2/c1-11(2)18-8-7-15(10-18)17-12(3)13-5-4-6-14(16)9-13/h4-6,9,11-12,15,17H,7-8,10H2,1-3H3/t12-,15?/m0/s1. The Morgan fingerprint density at radius 1 is 1.33 bits per heavy atom. The van der Waals surface area contributed by atoms with Gasteiger partial charge in [0.1, 0.15) is 0 Å². The van der Waals surface area contributed by atoms with Gasteiger partial charge in [-0.3, -0.25) is 4.90 Å². The van der Waals surface area contributed by atoms with Crippen molar-refractivity contribution in [1.82, 2.24) is 10.2 Å². The molecule has 0 aromatic heterocycles. The van der Waals surface area contributed by atoms with Crippen LogP contribution in [0.1, 0.15) is 38.8 Å². The van der Waals surface area contributed by atoms with E-state index in [0.717, 1.165) is 4.47 Å². The molecule has 2 rings (SSSR count). The summed E-state index contributed by atoms with van der Waals surface area (Å²) in [7, 11) is 0. The highest BCUT2D eigenvalue weighted by Crippen LogP contribution is 2.20. The fourth-order valence-electron chi connectivity index (χ4n) is 2.62. The molecule has 1 aliphatic heterocycles. The predicted molar refractivity (Wildman–Crippen MR) is 80.8 cm³/mol.